The number of aromatic nitrogens is 1. The van der Waals surface area contributed by atoms with Crippen molar-refractivity contribution < 1.29 is 9.47 Å². The van der Waals surface area contributed by atoms with Crippen LogP contribution in [-0.4, -0.2) is 19.2 Å². The molecule has 0 radical (unpaired) electrons. The van der Waals surface area contributed by atoms with E-state index in [1.165, 1.54) is 11.1 Å². The number of methoxy groups -OCH3 is 2. The van der Waals surface area contributed by atoms with Gasteiger partial charge in [-0.2, -0.15) is 0 Å². The highest BCUT2D eigenvalue weighted by Crippen LogP contribution is 2.41. The normalized spacial score (nSPS) is 12.1. The fourth-order valence-corrected chi connectivity index (χ4v) is 3.30. The number of hydrogen-bond acceptors (Lipinski definition) is 3. The first-order valence-corrected chi connectivity index (χ1v) is 7.42. The van der Waals surface area contributed by atoms with Crippen LogP contribution >= 0.6 is 11.6 Å². The van der Waals surface area contributed by atoms with Crippen LogP contribution in [0.2, 0.25) is 5.02 Å². The van der Waals surface area contributed by atoms with Gasteiger partial charge in [-0.15, -0.1) is 0 Å². The van der Waals surface area contributed by atoms with Gasteiger partial charge in [0.2, 0.25) is 0 Å². The summed E-state index contributed by atoms with van der Waals surface area (Å²) in [6.45, 7) is 0. The molecule has 0 saturated heterocycles. The van der Waals surface area contributed by atoms with Crippen LogP contribution in [0.3, 0.4) is 0 Å². The summed E-state index contributed by atoms with van der Waals surface area (Å²) >= 11 is 6.11. The molecule has 3 nitrogen and oxygen atoms in total. The van der Waals surface area contributed by atoms with Gasteiger partial charge in [-0.25, -0.2) is 4.98 Å². The lowest BCUT2D eigenvalue weighted by molar-refractivity contribution is 0.410. The average Bonchev–Trinajstić information content (AvgIpc) is 2.88. The van der Waals surface area contributed by atoms with Gasteiger partial charge in [-0.1, -0.05) is 17.7 Å². The van der Waals surface area contributed by atoms with Crippen molar-refractivity contribution >= 4 is 22.5 Å². The third kappa shape index (κ3) is 1.86. The summed E-state index contributed by atoms with van der Waals surface area (Å²) < 4.78 is 10.9. The Bertz CT molecular complexity index is 905. The number of pyridine rings is 1. The van der Waals surface area contributed by atoms with Gasteiger partial charge in [0, 0.05) is 22.4 Å². The smallest absolute Gasteiger partial charge is 0.145 e. The maximum absolute atomic E-state index is 6.11. The van der Waals surface area contributed by atoms with Gasteiger partial charge >= 0.3 is 0 Å². The quantitative estimate of drug-likeness (QED) is 0.547. The Balaban J connectivity index is 2.03. The van der Waals surface area contributed by atoms with Crippen LogP contribution < -0.4 is 9.47 Å². The zero-order valence-corrected chi connectivity index (χ0v) is 13.1. The summed E-state index contributed by atoms with van der Waals surface area (Å²) in [6.07, 6.45) is 0.842. The SMILES string of the molecule is COc1ccc(OC)c2nc3c(cc12)Cc1cc(Cl)ccc1-3. The molecule has 0 unspecified atom stereocenters. The number of halogens is 1. The molecule has 4 rings (SSSR count). The second kappa shape index (κ2) is 4.89. The van der Waals surface area contributed by atoms with Gasteiger partial charge in [-0.3, -0.25) is 0 Å². The molecule has 0 bridgehead atoms. The molecule has 0 atom stereocenters. The van der Waals surface area contributed by atoms with Gasteiger partial charge in [0.05, 0.1) is 19.9 Å². The maximum atomic E-state index is 6.11. The molecule has 22 heavy (non-hydrogen) atoms. The minimum atomic E-state index is 0.751. The molecule has 1 heterocycles. The van der Waals surface area contributed by atoms with Crippen molar-refractivity contribution in [2.45, 2.75) is 6.42 Å². The van der Waals surface area contributed by atoms with E-state index in [1.54, 1.807) is 14.2 Å². The standard InChI is InChI=1S/C18H14ClNO2/c1-21-15-5-6-16(22-2)18-14(15)9-11-7-10-8-12(19)3-4-13(10)17(11)20-18/h3-6,8-9H,7H2,1-2H3. The van der Waals surface area contributed by atoms with Crippen LogP contribution in [0.1, 0.15) is 11.1 Å². The molecular weight excluding hydrogens is 298 g/mol. The molecule has 1 aromatic heterocycles. The second-order valence-electron chi connectivity index (χ2n) is 5.34. The molecule has 1 aliphatic carbocycles. The highest BCUT2D eigenvalue weighted by Gasteiger charge is 2.22. The Morgan fingerprint density at radius 2 is 1.73 bits per heavy atom. The first-order valence-electron chi connectivity index (χ1n) is 7.04. The molecule has 0 fully saturated rings. The lowest BCUT2D eigenvalue weighted by Gasteiger charge is -2.11. The monoisotopic (exact) mass is 311 g/mol. The predicted octanol–water partition coefficient (Wildman–Crippen LogP) is 4.48. The largest absolute Gasteiger partial charge is 0.496 e. The Hall–Kier alpha value is -2.26. The van der Waals surface area contributed by atoms with E-state index in [0.717, 1.165) is 45.1 Å². The van der Waals surface area contributed by atoms with Crippen molar-refractivity contribution in [1.82, 2.24) is 4.98 Å². The number of hydrogen-bond donors (Lipinski definition) is 0. The lowest BCUT2D eigenvalue weighted by atomic mass is 10.1. The first-order chi connectivity index (χ1) is 10.7. The van der Waals surface area contributed by atoms with Crippen LogP contribution in [-0.2, 0) is 6.42 Å². The molecule has 0 N–H and O–H groups in total. The molecule has 110 valence electrons. The van der Waals surface area contributed by atoms with E-state index >= 15 is 0 Å². The summed E-state index contributed by atoms with van der Waals surface area (Å²) in [5, 5.41) is 1.73. The molecule has 1 aliphatic rings. The number of rotatable bonds is 2. The maximum Gasteiger partial charge on any atom is 0.145 e. The van der Waals surface area contributed by atoms with Crippen molar-refractivity contribution in [1.29, 1.82) is 0 Å². The minimum absolute atomic E-state index is 0.751. The van der Waals surface area contributed by atoms with E-state index < -0.39 is 0 Å². The van der Waals surface area contributed by atoms with E-state index in [2.05, 4.69) is 6.07 Å². The van der Waals surface area contributed by atoms with Crippen LogP contribution in [0, 0.1) is 0 Å². The predicted molar refractivity (Wildman–Crippen MR) is 88.1 cm³/mol. The molecule has 0 saturated carbocycles. The van der Waals surface area contributed by atoms with Crippen LogP contribution in [0.5, 0.6) is 11.5 Å². The molecule has 3 aromatic rings. The molecule has 4 heteroatoms. The lowest BCUT2D eigenvalue weighted by Crippen LogP contribution is -1.94. The zero-order chi connectivity index (χ0) is 15.3. The van der Waals surface area contributed by atoms with Gasteiger partial charge in [0.1, 0.15) is 17.0 Å². The Kier molecular flexibility index (Phi) is 2.98. The minimum Gasteiger partial charge on any atom is -0.496 e. The van der Waals surface area contributed by atoms with Gasteiger partial charge in [-0.05, 0) is 41.5 Å². The third-order valence-corrected chi connectivity index (χ3v) is 4.36. The summed E-state index contributed by atoms with van der Waals surface area (Å²) in [5.41, 5.74) is 5.37. The fourth-order valence-electron chi connectivity index (χ4n) is 3.11. The van der Waals surface area contributed by atoms with Crippen molar-refractivity contribution in [3.63, 3.8) is 0 Å². The molecule has 2 aromatic carbocycles. The van der Waals surface area contributed by atoms with E-state index in [0.29, 0.717) is 0 Å². The number of nitrogens with zero attached hydrogens (tertiary/aromatic N) is 1. The summed E-state index contributed by atoms with van der Waals surface area (Å²) in [5.74, 6) is 1.56. The van der Waals surface area contributed by atoms with Crippen molar-refractivity contribution in [3.8, 4) is 22.8 Å². The molecule has 0 spiro atoms. The van der Waals surface area contributed by atoms with E-state index in [1.807, 2.05) is 30.3 Å². The number of ether oxygens (including phenoxy) is 2. The van der Waals surface area contributed by atoms with Gasteiger partial charge in [0.15, 0.2) is 0 Å². The number of benzene rings is 2. The van der Waals surface area contributed by atoms with Crippen molar-refractivity contribution in [3.05, 3.63) is 52.5 Å². The fraction of sp³-hybridized carbons (Fsp3) is 0.167. The highest BCUT2D eigenvalue weighted by atomic mass is 35.5. The Morgan fingerprint density at radius 1 is 0.955 bits per heavy atom. The van der Waals surface area contributed by atoms with Crippen LogP contribution in [0.4, 0.5) is 0 Å². The van der Waals surface area contributed by atoms with E-state index in [9.17, 15) is 0 Å². The molecule has 0 amide bonds. The Morgan fingerprint density at radius 3 is 2.50 bits per heavy atom. The summed E-state index contributed by atoms with van der Waals surface area (Å²) in [6, 6.07) is 11.9. The second-order valence-corrected chi connectivity index (χ2v) is 5.78. The zero-order valence-electron chi connectivity index (χ0n) is 12.3. The van der Waals surface area contributed by atoms with Crippen molar-refractivity contribution in [2.24, 2.45) is 0 Å². The summed E-state index contributed by atoms with van der Waals surface area (Å²) in [7, 11) is 3.33. The van der Waals surface area contributed by atoms with Crippen molar-refractivity contribution in [2.75, 3.05) is 14.2 Å². The van der Waals surface area contributed by atoms with Gasteiger partial charge in [0.25, 0.3) is 0 Å². The highest BCUT2D eigenvalue weighted by molar-refractivity contribution is 6.30. The first kappa shape index (κ1) is 13.4. The van der Waals surface area contributed by atoms with Gasteiger partial charge < -0.3 is 9.47 Å². The van der Waals surface area contributed by atoms with E-state index in [-0.39, 0.29) is 0 Å². The topological polar surface area (TPSA) is 31.4 Å². The molecule has 0 aliphatic heterocycles. The number of fused-ring (bicyclic) bond motifs is 4. The van der Waals surface area contributed by atoms with Crippen LogP contribution in [0.25, 0.3) is 22.2 Å². The Labute approximate surface area is 133 Å². The average molecular weight is 312 g/mol. The van der Waals surface area contributed by atoms with Crippen LogP contribution in [0.15, 0.2) is 36.4 Å². The third-order valence-electron chi connectivity index (χ3n) is 4.13. The summed E-state index contributed by atoms with van der Waals surface area (Å²) in [4.78, 5) is 4.86. The van der Waals surface area contributed by atoms with E-state index in [4.69, 9.17) is 26.1 Å². The molecular formula is C18H14ClNO2.